The van der Waals surface area contributed by atoms with Crippen LogP contribution in [-0.4, -0.2) is 47.4 Å². The highest BCUT2D eigenvalue weighted by molar-refractivity contribution is 6.39. The Kier molecular flexibility index (Phi) is 5.89. The van der Waals surface area contributed by atoms with Crippen LogP contribution in [0.2, 0.25) is 0 Å². The first kappa shape index (κ1) is 16.4. The fraction of sp³-hybridized carbons (Fsp3) is 0.562. The van der Waals surface area contributed by atoms with Crippen LogP contribution in [-0.2, 0) is 9.59 Å². The van der Waals surface area contributed by atoms with Gasteiger partial charge in [0.25, 0.3) is 0 Å². The van der Waals surface area contributed by atoms with Crippen LogP contribution in [0.5, 0.6) is 0 Å². The van der Waals surface area contributed by atoms with Crippen LogP contribution in [0.1, 0.15) is 26.7 Å². The summed E-state index contributed by atoms with van der Waals surface area (Å²) in [5.74, 6) is -0.784. The van der Waals surface area contributed by atoms with Crippen LogP contribution in [0.25, 0.3) is 0 Å². The molecule has 1 aromatic heterocycles. The lowest BCUT2D eigenvalue weighted by atomic mass is 9.96. The van der Waals surface area contributed by atoms with Gasteiger partial charge in [-0.2, -0.15) is 0 Å². The molecule has 2 amide bonds. The van der Waals surface area contributed by atoms with Gasteiger partial charge in [0.05, 0.1) is 11.9 Å². The number of aromatic nitrogens is 1. The number of hydrogen-bond acceptors (Lipinski definition) is 4. The summed E-state index contributed by atoms with van der Waals surface area (Å²) in [7, 11) is 0. The average Bonchev–Trinajstić information content (AvgIpc) is 2.53. The Morgan fingerprint density at radius 3 is 2.64 bits per heavy atom. The van der Waals surface area contributed by atoms with Crippen molar-refractivity contribution in [3.05, 3.63) is 24.5 Å². The lowest BCUT2D eigenvalue weighted by Gasteiger charge is -2.34. The fourth-order valence-electron chi connectivity index (χ4n) is 2.62. The van der Waals surface area contributed by atoms with Crippen molar-refractivity contribution >= 4 is 17.5 Å². The predicted octanol–water partition coefficient (Wildman–Crippen LogP) is 1.26. The van der Waals surface area contributed by atoms with E-state index >= 15 is 0 Å². The van der Waals surface area contributed by atoms with Crippen molar-refractivity contribution in [1.29, 1.82) is 0 Å². The Morgan fingerprint density at radius 1 is 1.32 bits per heavy atom. The highest BCUT2D eigenvalue weighted by Gasteiger charge is 2.22. The number of pyridine rings is 1. The average molecular weight is 304 g/mol. The second-order valence-corrected chi connectivity index (χ2v) is 5.98. The topological polar surface area (TPSA) is 74.3 Å². The third-order valence-corrected chi connectivity index (χ3v) is 4.06. The SMILES string of the molecule is CC(C)N1CCC(CNC(=O)C(=O)Nc2cccnc2)CC1. The summed E-state index contributed by atoms with van der Waals surface area (Å²) in [6, 6.07) is 3.97. The van der Waals surface area contributed by atoms with E-state index in [9.17, 15) is 9.59 Å². The maximum Gasteiger partial charge on any atom is 0.313 e. The summed E-state index contributed by atoms with van der Waals surface area (Å²) < 4.78 is 0. The number of anilines is 1. The molecule has 1 aliphatic rings. The number of rotatable bonds is 4. The van der Waals surface area contributed by atoms with Gasteiger partial charge in [-0.05, 0) is 57.8 Å². The molecule has 6 heteroatoms. The molecule has 0 radical (unpaired) electrons. The molecule has 2 N–H and O–H groups in total. The minimum atomic E-state index is -0.646. The predicted molar refractivity (Wildman–Crippen MR) is 85.3 cm³/mol. The quantitative estimate of drug-likeness (QED) is 0.821. The monoisotopic (exact) mass is 304 g/mol. The molecule has 0 spiro atoms. The second kappa shape index (κ2) is 7.89. The minimum Gasteiger partial charge on any atom is -0.348 e. The highest BCUT2D eigenvalue weighted by Crippen LogP contribution is 2.18. The first-order valence-electron chi connectivity index (χ1n) is 7.79. The summed E-state index contributed by atoms with van der Waals surface area (Å²) in [4.78, 5) is 29.9. The number of carbonyl (C=O) groups excluding carboxylic acids is 2. The zero-order valence-corrected chi connectivity index (χ0v) is 13.2. The number of piperidine rings is 1. The zero-order valence-electron chi connectivity index (χ0n) is 13.2. The van der Waals surface area contributed by atoms with E-state index in [0.29, 0.717) is 24.2 Å². The van der Waals surface area contributed by atoms with E-state index in [1.807, 2.05) is 0 Å². The molecular formula is C16H24N4O2. The van der Waals surface area contributed by atoms with Crippen LogP contribution >= 0.6 is 0 Å². The first-order valence-corrected chi connectivity index (χ1v) is 7.79. The van der Waals surface area contributed by atoms with Crippen LogP contribution < -0.4 is 10.6 Å². The smallest absolute Gasteiger partial charge is 0.313 e. The Morgan fingerprint density at radius 2 is 2.05 bits per heavy atom. The highest BCUT2D eigenvalue weighted by atomic mass is 16.2. The lowest BCUT2D eigenvalue weighted by molar-refractivity contribution is -0.136. The molecule has 2 heterocycles. The van der Waals surface area contributed by atoms with Gasteiger partial charge in [-0.1, -0.05) is 0 Å². The molecule has 1 fully saturated rings. The summed E-state index contributed by atoms with van der Waals surface area (Å²) in [5.41, 5.74) is 0.521. The third-order valence-electron chi connectivity index (χ3n) is 4.06. The van der Waals surface area contributed by atoms with Gasteiger partial charge in [0.1, 0.15) is 0 Å². The summed E-state index contributed by atoms with van der Waals surface area (Å²) >= 11 is 0. The molecule has 0 aromatic carbocycles. The first-order chi connectivity index (χ1) is 10.6. The van der Waals surface area contributed by atoms with E-state index in [0.717, 1.165) is 25.9 Å². The molecule has 1 saturated heterocycles. The van der Waals surface area contributed by atoms with Crippen molar-refractivity contribution < 1.29 is 9.59 Å². The summed E-state index contributed by atoms with van der Waals surface area (Å²) in [6.07, 6.45) is 5.23. The molecular weight excluding hydrogens is 280 g/mol. The van der Waals surface area contributed by atoms with E-state index in [2.05, 4.69) is 34.4 Å². The molecule has 0 aliphatic carbocycles. The van der Waals surface area contributed by atoms with E-state index in [-0.39, 0.29) is 0 Å². The number of amides is 2. The van der Waals surface area contributed by atoms with Crippen LogP contribution in [0.3, 0.4) is 0 Å². The molecule has 0 saturated carbocycles. The van der Waals surface area contributed by atoms with Crippen LogP contribution in [0, 0.1) is 5.92 Å². The van der Waals surface area contributed by atoms with Gasteiger partial charge in [0.2, 0.25) is 0 Å². The number of hydrogen-bond donors (Lipinski definition) is 2. The van der Waals surface area contributed by atoms with Crippen molar-refractivity contribution in [2.45, 2.75) is 32.7 Å². The van der Waals surface area contributed by atoms with Crippen molar-refractivity contribution in [2.24, 2.45) is 5.92 Å². The molecule has 0 atom stereocenters. The zero-order chi connectivity index (χ0) is 15.9. The Hall–Kier alpha value is -1.95. The molecule has 1 aliphatic heterocycles. The maximum atomic E-state index is 11.8. The van der Waals surface area contributed by atoms with Gasteiger partial charge in [-0.15, -0.1) is 0 Å². The standard InChI is InChI=1S/C16H24N4O2/c1-12(2)20-8-5-13(6-9-20)10-18-15(21)16(22)19-14-4-3-7-17-11-14/h3-4,7,11-13H,5-6,8-10H2,1-2H3,(H,18,21)(H,19,22). The van der Waals surface area contributed by atoms with E-state index in [4.69, 9.17) is 0 Å². The number of carbonyl (C=O) groups is 2. The normalized spacial score (nSPS) is 16.5. The Labute approximate surface area is 131 Å². The van der Waals surface area contributed by atoms with E-state index in [1.54, 1.807) is 18.3 Å². The number of likely N-dealkylation sites (tertiary alicyclic amines) is 1. The maximum absolute atomic E-state index is 11.8. The van der Waals surface area contributed by atoms with Crippen molar-refractivity contribution in [1.82, 2.24) is 15.2 Å². The van der Waals surface area contributed by atoms with Gasteiger partial charge in [0.15, 0.2) is 0 Å². The second-order valence-electron chi connectivity index (χ2n) is 5.98. The van der Waals surface area contributed by atoms with E-state index < -0.39 is 11.8 Å². The molecule has 0 bridgehead atoms. The third kappa shape index (κ3) is 4.80. The summed E-state index contributed by atoms with van der Waals surface area (Å²) in [5, 5.41) is 5.26. The lowest BCUT2D eigenvalue weighted by Crippen LogP contribution is -2.43. The molecule has 0 unspecified atom stereocenters. The molecule has 22 heavy (non-hydrogen) atoms. The fourth-order valence-corrected chi connectivity index (χ4v) is 2.62. The molecule has 1 aromatic rings. The van der Waals surface area contributed by atoms with Gasteiger partial charge >= 0.3 is 11.8 Å². The van der Waals surface area contributed by atoms with E-state index in [1.165, 1.54) is 6.20 Å². The largest absolute Gasteiger partial charge is 0.348 e. The Bertz CT molecular complexity index is 496. The Balaban J connectivity index is 1.71. The van der Waals surface area contributed by atoms with Gasteiger partial charge < -0.3 is 15.5 Å². The van der Waals surface area contributed by atoms with Crippen molar-refractivity contribution in [2.75, 3.05) is 25.0 Å². The van der Waals surface area contributed by atoms with Gasteiger partial charge in [0, 0.05) is 18.8 Å². The molecule has 6 nitrogen and oxygen atoms in total. The van der Waals surface area contributed by atoms with Crippen molar-refractivity contribution in [3.63, 3.8) is 0 Å². The van der Waals surface area contributed by atoms with Crippen molar-refractivity contribution in [3.8, 4) is 0 Å². The summed E-state index contributed by atoms with van der Waals surface area (Å²) in [6.45, 7) is 7.07. The molecule has 2 rings (SSSR count). The van der Waals surface area contributed by atoms with Gasteiger partial charge in [-0.25, -0.2) is 0 Å². The number of nitrogens with one attached hydrogen (secondary N) is 2. The van der Waals surface area contributed by atoms with Gasteiger partial charge in [-0.3, -0.25) is 14.6 Å². The van der Waals surface area contributed by atoms with Crippen LogP contribution in [0.4, 0.5) is 5.69 Å². The number of nitrogens with zero attached hydrogens (tertiary/aromatic N) is 2. The molecule has 120 valence electrons. The van der Waals surface area contributed by atoms with Crippen LogP contribution in [0.15, 0.2) is 24.5 Å². The minimum absolute atomic E-state index is 0.449.